The Labute approximate surface area is 180 Å². The number of rotatable bonds is 6. The molecule has 1 aliphatic heterocycles. The summed E-state index contributed by atoms with van der Waals surface area (Å²) in [6.45, 7) is 2.51. The first-order valence-electron chi connectivity index (χ1n) is 10.5. The number of amides is 1. The van der Waals surface area contributed by atoms with Crippen LogP contribution >= 0.6 is 0 Å². The molecular formula is C24H24N4O3. The van der Waals surface area contributed by atoms with E-state index in [9.17, 15) is 4.79 Å². The summed E-state index contributed by atoms with van der Waals surface area (Å²) in [5, 5.41) is 2.99. The van der Waals surface area contributed by atoms with Crippen LogP contribution < -0.4 is 14.8 Å². The lowest BCUT2D eigenvalue weighted by Gasteiger charge is -2.07. The number of imidazole rings is 1. The molecule has 1 aliphatic carbocycles. The Bertz CT molecular complexity index is 1150. The molecule has 3 heterocycles. The first-order valence-corrected chi connectivity index (χ1v) is 10.5. The number of nitrogens with one attached hydrogen (secondary N) is 2. The second-order valence-corrected chi connectivity index (χ2v) is 7.89. The van der Waals surface area contributed by atoms with Gasteiger partial charge in [0.05, 0.1) is 23.6 Å². The third-order valence-electron chi connectivity index (χ3n) is 5.56. The number of pyridine rings is 1. The highest BCUT2D eigenvalue weighted by Gasteiger charge is 2.20. The van der Waals surface area contributed by atoms with E-state index in [-0.39, 0.29) is 12.7 Å². The molecule has 158 valence electrons. The Kier molecular flexibility index (Phi) is 5.16. The van der Waals surface area contributed by atoms with Crippen molar-refractivity contribution < 1.29 is 14.3 Å². The summed E-state index contributed by atoms with van der Waals surface area (Å²) in [5.41, 5.74) is 4.19. The number of fused-ring (bicyclic) bond motifs is 1. The van der Waals surface area contributed by atoms with Crippen LogP contribution in [-0.4, -0.2) is 27.7 Å². The van der Waals surface area contributed by atoms with E-state index in [0.29, 0.717) is 30.5 Å². The fraction of sp³-hybridized carbons (Fsp3) is 0.292. The highest BCUT2D eigenvalue weighted by Crippen LogP contribution is 2.38. The van der Waals surface area contributed by atoms with Gasteiger partial charge >= 0.3 is 0 Å². The third kappa shape index (κ3) is 4.17. The zero-order valence-corrected chi connectivity index (χ0v) is 17.4. The van der Waals surface area contributed by atoms with Crippen molar-refractivity contribution in [2.75, 3.05) is 6.79 Å². The Balaban J connectivity index is 1.42. The Morgan fingerprint density at radius 2 is 2.10 bits per heavy atom. The van der Waals surface area contributed by atoms with Gasteiger partial charge in [0, 0.05) is 17.7 Å². The van der Waals surface area contributed by atoms with Crippen molar-refractivity contribution in [2.45, 2.75) is 32.7 Å². The number of hydrogen-bond acceptors (Lipinski definition) is 5. The van der Waals surface area contributed by atoms with Gasteiger partial charge in [0.2, 0.25) is 12.7 Å². The van der Waals surface area contributed by atoms with Crippen molar-refractivity contribution in [1.82, 2.24) is 20.3 Å². The number of carbonyl (C=O) groups excluding carboxylic acids is 1. The van der Waals surface area contributed by atoms with Gasteiger partial charge in [-0.3, -0.25) is 9.78 Å². The number of allylic oxidation sites excluding steroid dienone is 2. The van der Waals surface area contributed by atoms with Crippen molar-refractivity contribution in [2.24, 2.45) is 5.92 Å². The Hall–Kier alpha value is -3.61. The molecule has 3 aromatic rings. The van der Waals surface area contributed by atoms with Crippen LogP contribution in [0.1, 0.15) is 30.8 Å². The van der Waals surface area contributed by atoms with Gasteiger partial charge in [0.15, 0.2) is 11.5 Å². The number of nitrogens with zero attached hydrogens (tertiary/aromatic N) is 2. The number of aromatic nitrogens is 3. The molecule has 1 atom stereocenters. The quantitative estimate of drug-likeness (QED) is 0.590. The van der Waals surface area contributed by atoms with Crippen LogP contribution in [0, 0.1) is 12.8 Å². The monoisotopic (exact) mass is 416 g/mol. The van der Waals surface area contributed by atoms with E-state index >= 15 is 0 Å². The molecule has 0 spiro atoms. The predicted octanol–water partition coefficient (Wildman–Crippen LogP) is 4.15. The minimum atomic E-state index is 0.0350. The maximum atomic E-state index is 12.3. The van der Waals surface area contributed by atoms with Crippen LogP contribution in [0.4, 0.5) is 0 Å². The molecule has 0 bridgehead atoms. The molecule has 0 radical (unpaired) electrons. The van der Waals surface area contributed by atoms with Crippen molar-refractivity contribution >= 4 is 5.91 Å². The number of H-pyrrole nitrogens is 1. The third-order valence-corrected chi connectivity index (χ3v) is 5.56. The van der Waals surface area contributed by atoms with Crippen molar-refractivity contribution in [1.29, 1.82) is 0 Å². The minimum Gasteiger partial charge on any atom is -0.454 e. The lowest BCUT2D eigenvalue weighted by Crippen LogP contribution is -2.24. The molecule has 0 fully saturated rings. The Morgan fingerprint density at radius 1 is 1.19 bits per heavy atom. The van der Waals surface area contributed by atoms with Gasteiger partial charge in [-0.05, 0) is 56.0 Å². The first kappa shape index (κ1) is 19.4. The molecule has 7 nitrogen and oxygen atoms in total. The molecule has 1 unspecified atom stereocenters. The number of aryl methyl sites for hydroxylation is 1. The molecule has 31 heavy (non-hydrogen) atoms. The molecule has 2 aromatic heterocycles. The van der Waals surface area contributed by atoms with Gasteiger partial charge < -0.3 is 19.8 Å². The topological polar surface area (TPSA) is 89.1 Å². The lowest BCUT2D eigenvalue weighted by atomic mass is 10.1. The molecule has 0 saturated carbocycles. The van der Waals surface area contributed by atoms with Crippen molar-refractivity contribution in [3.8, 4) is 34.1 Å². The van der Waals surface area contributed by atoms with Crippen LogP contribution in [0.15, 0.2) is 48.6 Å². The largest absolute Gasteiger partial charge is 0.454 e. The number of benzene rings is 1. The summed E-state index contributed by atoms with van der Waals surface area (Å²) in [6.07, 6.45) is 6.89. The van der Waals surface area contributed by atoms with E-state index in [0.717, 1.165) is 46.9 Å². The van der Waals surface area contributed by atoms with Gasteiger partial charge in [0.25, 0.3) is 0 Å². The number of hydrogen-bond donors (Lipinski definition) is 2. The lowest BCUT2D eigenvalue weighted by molar-refractivity contribution is -0.121. The van der Waals surface area contributed by atoms with E-state index in [2.05, 4.69) is 27.4 Å². The maximum Gasteiger partial charge on any atom is 0.231 e. The fourth-order valence-corrected chi connectivity index (χ4v) is 3.98. The number of aromatic amines is 1. The summed E-state index contributed by atoms with van der Waals surface area (Å²) in [4.78, 5) is 25.2. The Morgan fingerprint density at radius 3 is 2.94 bits per heavy atom. The van der Waals surface area contributed by atoms with Gasteiger partial charge in [-0.2, -0.15) is 0 Å². The van der Waals surface area contributed by atoms with Crippen LogP contribution in [0.25, 0.3) is 22.6 Å². The summed E-state index contributed by atoms with van der Waals surface area (Å²) >= 11 is 0. The summed E-state index contributed by atoms with van der Waals surface area (Å²) in [7, 11) is 0. The van der Waals surface area contributed by atoms with Crippen molar-refractivity contribution in [3.63, 3.8) is 0 Å². The number of carbonyl (C=O) groups is 1. The van der Waals surface area contributed by atoms with E-state index in [1.54, 1.807) is 0 Å². The predicted molar refractivity (Wildman–Crippen MR) is 116 cm³/mol. The molecule has 5 rings (SSSR count). The van der Waals surface area contributed by atoms with Gasteiger partial charge in [-0.15, -0.1) is 0 Å². The smallest absolute Gasteiger partial charge is 0.231 e. The second kappa shape index (κ2) is 8.26. The second-order valence-electron chi connectivity index (χ2n) is 7.89. The summed E-state index contributed by atoms with van der Waals surface area (Å²) < 4.78 is 11.0. The maximum absolute atomic E-state index is 12.3. The van der Waals surface area contributed by atoms with Gasteiger partial charge in [0.1, 0.15) is 5.82 Å². The normalized spacial score (nSPS) is 16.6. The molecule has 1 aromatic carbocycles. The van der Waals surface area contributed by atoms with E-state index in [4.69, 9.17) is 14.5 Å². The molecule has 7 heteroatoms. The standard InChI is InChI=1S/C24H24N4O3/c1-15-5-4-8-18(26-15)24-23(17-9-10-19-20(12-17)31-14-30-19)27-21(28-24)13-25-22(29)11-16-6-2-3-7-16/h2,4-6,8-10,12,16H,3,7,11,13-14H2,1H3,(H,25,29)(H,27,28). The average molecular weight is 416 g/mol. The molecule has 2 aliphatic rings. The fourth-order valence-electron chi connectivity index (χ4n) is 3.98. The van der Waals surface area contributed by atoms with Crippen LogP contribution in [-0.2, 0) is 11.3 Å². The van der Waals surface area contributed by atoms with Gasteiger partial charge in [-0.25, -0.2) is 4.98 Å². The zero-order valence-electron chi connectivity index (χ0n) is 17.4. The SMILES string of the molecule is Cc1cccc(-c2[nH]c(CNC(=O)CC3C=CCC3)nc2-c2ccc3c(c2)OCO3)n1. The van der Waals surface area contributed by atoms with Crippen molar-refractivity contribution in [3.05, 3.63) is 60.1 Å². The van der Waals surface area contributed by atoms with E-state index < -0.39 is 0 Å². The van der Waals surface area contributed by atoms with Gasteiger partial charge in [-0.1, -0.05) is 18.2 Å². The van der Waals surface area contributed by atoms with Crippen LogP contribution in [0.5, 0.6) is 11.5 Å². The molecule has 1 amide bonds. The zero-order chi connectivity index (χ0) is 21.2. The molecular weight excluding hydrogens is 392 g/mol. The van der Waals surface area contributed by atoms with Crippen LogP contribution in [0.2, 0.25) is 0 Å². The van der Waals surface area contributed by atoms with Crippen LogP contribution in [0.3, 0.4) is 0 Å². The van der Waals surface area contributed by atoms with E-state index in [1.165, 1.54) is 0 Å². The minimum absolute atomic E-state index is 0.0350. The summed E-state index contributed by atoms with van der Waals surface area (Å²) in [5.74, 6) is 2.48. The first-order chi connectivity index (χ1) is 15.2. The highest BCUT2D eigenvalue weighted by atomic mass is 16.7. The summed E-state index contributed by atoms with van der Waals surface area (Å²) in [6, 6.07) is 11.6. The molecule has 2 N–H and O–H groups in total. The average Bonchev–Trinajstić information content (AvgIpc) is 3.52. The highest BCUT2D eigenvalue weighted by molar-refractivity contribution is 5.79. The molecule has 0 saturated heterocycles. The number of ether oxygens (including phenoxy) is 2. The van der Waals surface area contributed by atoms with E-state index in [1.807, 2.05) is 43.3 Å².